The number of nitrogens with one attached hydrogen (secondary N) is 1. The molecule has 22 heavy (non-hydrogen) atoms. The smallest absolute Gasteiger partial charge is 0.419 e. The summed E-state index contributed by atoms with van der Waals surface area (Å²) in [4.78, 5) is 22.4. The number of aliphatic carboxylic acids is 1. The molecule has 0 aliphatic heterocycles. The molecule has 1 rings (SSSR count). The van der Waals surface area contributed by atoms with Crippen LogP contribution in [0.4, 0.5) is 17.6 Å². The first-order valence-electron chi connectivity index (χ1n) is 6.33. The molecule has 0 aliphatic rings. The summed E-state index contributed by atoms with van der Waals surface area (Å²) in [6, 6.07) is 1.87. The van der Waals surface area contributed by atoms with Crippen molar-refractivity contribution < 1.29 is 32.3 Å². The number of benzene rings is 1. The summed E-state index contributed by atoms with van der Waals surface area (Å²) in [6.45, 7) is 3.13. The predicted molar refractivity (Wildman–Crippen MR) is 69.8 cm³/mol. The van der Waals surface area contributed by atoms with E-state index in [1.54, 1.807) is 13.8 Å². The second-order valence-corrected chi connectivity index (χ2v) is 5.42. The van der Waals surface area contributed by atoms with Gasteiger partial charge in [-0.15, -0.1) is 0 Å². The van der Waals surface area contributed by atoms with Crippen LogP contribution in [0.5, 0.6) is 0 Å². The second-order valence-electron chi connectivity index (χ2n) is 5.42. The van der Waals surface area contributed by atoms with E-state index in [1.165, 1.54) is 0 Å². The van der Waals surface area contributed by atoms with E-state index in [-0.39, 0.29) is 18.4 Å². The van der Waals surface area contributed by atoms with E-state index in [4.69, 9.17) is 5.11 Å². The van der Waals surface area contributed by atoms with Crippen molar-refractivity contribution in [3.63, 3.8) is 0 Å². The average Bonchev–Trinajstić information content (AvgIpc) is 2.34. The van der Waals surface area contributed by atoms with E-state index < -0.39 is 35.0 Å². The lowest BCUT2D eigenvalue weighted by atomic mass is 9.97. The van der Waals surface area contributed by atoms with E-state index in [0.29, 0.717) is 12.1 Å². The number of carbonyl (C=O) groups excluding carboxylic acids is 1. The molecule has 122 valence electrons. The molecule has 0 fully saturated rings. The number of amides is 1. The van der Waals surface area contributed by atoms with Gasteiger partial charge in [-0.05, 0) is 38.5 Å². The maximum Gasteiger partial charge on any atom is 0.419 e. The molecule has 1 amide bonds. The zero-order valence-electron chi connectivity index (χ0n) is 11.9. The normalized spacial score (nSPS) is 12.1. The van der Waals surface area contributed by atoms with Gasteiger partial charge in [-0.25, -0.2) is 4.39 Å². The summed E-state index contributed by atoms with van der Waals surface area (Å²) in [5, 5.41) is 11.1. The van der Waals surface area contributed by atoms with Crippen LogP contribution in [0.25, 0.3) is 0 Å². The quantitative estimate of drug-likeness (QED) is 0.818. The van der Waals surface area contributed by atoms with Gasteiger partial charge in [0.1, 0.15) is 5.82 Å². The summed E-state index contributed by atoms with van der Waals surface area (Å²) >= 11 is 0. The first-order valence-corrected chi connectivity index (χ1v) is 6.33. The van der Waals surface area contributed by atoms with Gasteiger partial charge in [0.05, 0.1) is 5.56 Å². The largest absolute Gasteiger partial charge is 0.481 e. The number of hydrogen-bond donors (Lipinski definition) is 2. The van der Waals surface area contributed by atoms with Crippen molar-refractivity contribution in [2.24, 2.45) is 0 Å². The number of alkyl halides is 3. The number of carboxylic acid groups (broad SMARTS) is 1. The fourth-order valence-corrected chi connectivity index (χ4v) is 1.75. The molecule has 0 aromatic heterocycles. The third-order valence-corrected chi connectivity index (χ3v) is 2.95. The first kappa shape index (κ1) is 17.9. The van der Waals surface area contributed by atoms with Crippen LogP contribution in [0, 0.1) is 5.82 Å². The van der Waals surface area contributed by atoms with Gasteiger partial charge in [0, 0.05) is 17.5 Å². The molecule has 0 radical (unpaired) electrons. The summed E-state index contributed by atoms with van der Waals surface area (Å²) < 4.78 is 50.7. The van der Waals surface area contributed by atoms with Gasteiger partial charge in [-0.3, -0.25) is 9.59 Å². The Kier molecular flexibility index (Phi) is 5.16. The van der Waals surface area contributed by atoms with Crippen LogP contribution in [0.3, 0.4) is 0 Å². The van der Waals surface area contributed by atoms with Crippen LogP contribution >= 0.6 is 0 Å². The minimum absolute atomic E-state index is 0.122. The Balaban J connectivity index is 2.86. The molecule has 8 heteroatoms. The Labute approximate surface area is 124 Å². The minimum Gasteiger partial charge on any atom is -0.481 e. The highest BCUT2D eigenvalue weighted by atomic mass is 19.4. The lowest BCUT2D eigenvalue weighted by Crippen LogP contribution is -2.43. The standard InChI is InChI=1S/C14H15F4NO3/c1-13(2,6-5-11(20)21)19-12(22)8-3-4-9(10(15)7-8)14(16,17)18/h3-4,7H,5-6H2,1-2H3,(H,19,22)(H,20,21). The second kappa shape index (κ2) is 6.33. The maximum absolute atomic E-state index is 13.4. The summed E-state index contributed by atoms with van der Waals surface area (Å²) in [5.41, 5.74) is -2.61. The van der Waals surface area contributed by atoms with Crippen molar-refractivity contribution in [1.29, 1.82) is 0 Å². The van der Waals surface area contributed by atoms with Crippen LogP contribution in [0.2, 0.25) is 0 Å². The Hall–Kier alpha value is -2.12. The van der Waals surface area contributed by atoms with Crippen molar-refractivity contribution in [3.8, 4) is 0 Å². The zero-order valence-corrected chi connectivity index (χ0v) is 11.9. The van der Waals surface area contributed by atoms with Crippen LogP contribution in [0.15, 0.2) is 18.2 Å². The van der Waals surface area contributed by atoms with Crippen molar-refractivity contribution in [3.05, 3.63) is 35.1 Å². The van der Waals surface area contributed by atoms with Crippen molar-refractivity contribution in [2.75, 3.05) is 0 Å². The lowest BCUT2D eigenvalue weighted by molar-refractivity contribution is -0.140. The molecule has 0 heterocycles. The molecule has 0 unspecified atom stereocenters. The van der Waals surface area contributed by atoms with Gasteiger partial charge in [-0.2, -0.15) is 13.2 Å². The van der Waals surface area contributed by atoms with Gasteiger partial charge < -0.3 is 10.4 Å². The van der Waals surface area contributed by atoms with Crippen LogP contribution in [-0.2, 0) is 11.0 Å². The highest BCUT2D eigenvalue weighted by molar-refractivity contribution is 5.94. The molecule has 0 spiro atoms. The van der Waals surface area contributed by atoms with Gasteiger partial charge in [0.15, 0.2) is 0 Å². The van der Waals surface area contributed by atoms with Gasteiger partial charge in [-0.1, -0.05) is 0 Å². The van der Waals surface area contributed by atoms with Crippen LogP contribution in [-0.4, -0.2) is 22.5 Å². The predicted octanol–water partition coefficient (Wildman–Crippen LogP) is 3.22. The molecule has 0 saturated carbocycles. The van der Waals surface area contributed by atoms with Crippen molar-refractivity contribution in [1.82, 2.24) is 5.32 Å². The topological polar surface area (TPSA) is 66.4 Å². The van der Waals surface area contributed by atoms with Crippen molar-refractivity contribution in [2.45, 2.75) is 38.4 Å². The number of carboxylic acids is 1. The molecule has 0 atom stereocenters. The van der Waals surface area contributed by atoms with E-state index >= 15 is 0 Å². The SMILES string of the molecule is CC(C)(CCC(=O)O)NC(=O)c1ccc(C(F)(F)F)c(F)c1. The van der Waals surface area contributed by atoms with E-state index in [9.17, 15) is 27.2 Å². The molecule has 1 aromatic rings. The third-order valence-electron chi connectivity index (χ3n) is 2.95. The Morgan fingerprint density at radius 2 is 1.82 bits per heavy atom. The van der Waals surface area contributed by atoms with Gasteiger partial charge >= 0.3 is 12.1 Å². The molecule has 0 aliphatic carbocycles. The van der Waals surface area contributed by atoms with E-state index in [2.05, 4.69) is 5.32 Å². The fourth-order valence-electron chi connectivity index (χ4n) is 1.75. The highest BCUT2D eigenvalue weighted by Crippen LogP contribution is 2.31. The fraction of sp³-hybridized carbons (Fsp3) is 0.429. The Bertz CT molecular complexity index is 582. The molecule has 4 nitrogen and oxygen atoms in total. The van der Waals surface area contributed by atoms with Crippen LogP contribution < -0.4 is 5.32 Å². The molecular formula is C14H15F4NO3. The van der Waals surface area contributed by atoms with Gasteiger partial charge in [0.2, 0.25) is 0 Å². The summed E-state index contributed by atoms with van der Waals surface area (Å²) in [6.07, 6.45) is -4.90. The molecule has 0 saturated heterocycles. The minimum atomic E-state index is -4.83. The number of halogens is 4. The Morgan fingerprint density at radius 1 is 1.23 bits per heavy atom. The van der Waals surface area contributed by atoms with Gasteiger partial charge in [0.25, 0.3) is 5.91 Å². The summed E-state index contributed by atoms with van der Waals surface area (Å²) in [7, 11) is 0. The van der Waals surface area contributed by atoms with E-state index in [1.807, 2.05) is 0 Å². The number of rotatable bonds is 5. The first-order chi connectivity index (χ1) is 9.92. The monoisotopic (exact) mass is 321 g/mol. The maximum atomic E-state index is 13.4. The lowest BCUT2D eigenvalue weighted by Gasteiger charge is -2.25. The molecule has 2 N–H and O–H groups in total. The molecule has 1 aromatic carbocycles. The highest BCUT2D eigenvalue weighted by Gasteiger charge is 2.34. The van der Waals surface area contributed by atoms with Crippen molar-refractivity contribution >= 4 is 11.9 Å². The molecular weight excluding hydrogens is 306 g/mol. The number of hydrogen-bond acceptors (Lipinski definition) is 2. The Morgan fingerprint density at radius 3 is 2.27 bits per heavy atom. The van der Waals surface area contributed by atoms with E-state index in [0.717, 1.165) is 6.07 Å². The average molecular weight is 321 g/mol. The zero-order chi connectivity index (χ0) is 17.1. The van der Waals surface area contributed by atoms with Crippen LogP contribution in [0.1, 0.15) is 42.6 Å². The summed E-state index contributed by atoms with van der Waals surface area (Å²) in [5.74, 6) is -3.35. The third kappa shape index (κ3) is 5.01. The number of carbonyl (C=O) groups is 2. The molecule has 0 bridgehead atoms.